The monoisotopic (exact) mass is 120 g/mol. The highest BCUT2D eigenvalue weighted by Gasteiger charge is 2.37. The Labute approximate surface area is 56.3 Å². The molecule has 0 heteroatoms. The first-order valence-corrected chi connectivity index (χ1v) is 3.74. The molecule has 0 spiro atoms. The lowest BCUT2D eigenvalue weighted by molar-refractivity contribution is 0.409. The van der Waals surface area contributed by atoms with Crippen molar-refractivity contribution in [3.63, 3.8) is 0 Å². The summed E-state index contributed by atoms with van der Waals surface area (Å²) in [6, 6.07) is 0. The minimum atomic E-state index is 0.556. The Morgan fingerprint density at radius 3 is 2.89 bits per heavy atom. The van der Waals surface area contributed by atoms with Crippen LogP contribution in [0.1, 0.15) is 26.2 Å². The SMILES string of the molecule is CCC12C=CCC1=CC2. The van der Waals surface area contributed by atoms with Crippen molar-refractivity contribution in [3.8, 4) is 0 Å². The molecule has 0 aliphatic heterocycles. The van der Waals surface area contributed by atoms with E-state index in [0.717, 1.165) is 0 Å². The quantitative estimate of drug-likeness (QED) is 0.467. The molecular weight excluding hydrogens is 108 g/mol. The highest BCUT2D eigenvalue weighted by molar-refractivity contribution is 5.38. The molecule has 0 aromatic rings. The van der Waals surface area contributed by atoms with Crippen LogP contribution < -0.4 is 0 Å². The van der Waals surface area contributed by atoms with Gasteiger partial charge in [0.2, 0.25) is 0 Å². The van der Waals surface area contributed by atoms with E-state index in [-0.39, 0.29) is 0 Å². The van der Waals surface area contributed by atoms with Gasteiger partial charge in [0, 0.05) is 5.41 Å². The fraction of sp³-hybridized carbons (Fsp3) is 0.556. The van der Waals surface area contributed by atoms with E-state index in [1.807, 2.05) is 0 Å². The molecule has 0 aromatic carbocycles. The summed E-state index contributed by atoms with van der Waals surface area (Å²) in [6.07, 6.45) is 10.9. The summed E-state index contributed by atoms with van der Waals surface area (Å²) < 4.78 is 0. The van der Waals surface area contributed by atoms with E-state index in [4.69, 9.17) is 0 Å². The molecule has 0 amide bonds. The molecule has 0 nitrogen and oxygen atoms in total. The fourth-order valence-electron chi connectivity index (χ4n) is 1.87. The Balaban J connectivity index is 2.32. The van der Waals surface area contributed by atoms with Crippen LogP contribution in [0.4, 0.5) is 0 Å². The van der Waals surface area contributed by atoms with Gasteiger partial charge < -0.3 is 0 Å². The van der Waals surface area contributed by atoms with E-state index in [1.54, 1.807) is 5.57 Å². The maximum Gasteiger partial charge on any atom is 0.0126 e. The van der Waals surface area contributed by atoms with Crippen LogP contribution in [0.15, 0.2) is 23.8 Å². The lowest BCUT2D eigenvalue weighted by Gasteiger charge is -2.35. The summed E-state index contributed by atoms with van der Waals surface area (Å²) in [7, 11) is 0. The third kappa shape index (κ3) is 0.487. The minimum absolute atomic E-state index is 0.556. The van der Waals surface area contributed by atoms with Gasteiger partial charge in [0.15, 0.2) is 0 Å². The molecule has 2 aliphatic rings. The molecule has 0 fully saturated rings. The Kier molecular flexibility index (Phi) is 0.879. The van der Waals surface area contributed by atoms with E-state index in [2.05, 4.69) is 25.2 Å². The third-order valence-corrected chi connectivity index (χ3v) is 2.76. The van der Waals surface area contributed by atoms with Crippen LogP contribution >= 0.6 is 0 Å². The summed E-state index contributed by atoms with van der Waals surface area (Å²) in [5.41, 5.74) is 2.23. The van der Waals surface area contributed by atoms with Crippen molar-refractivity contribution in [1.29, 1.82) is 0 Å². The molecule has 0 saturated carbocycles. The molecule has 1 unspecified atom stereocenters. The second-order valence-electron chi connectivity index (χ2n) is 3.05. The number of fused-ring (bicyclic) bond motifs is 1. The van der Waals surface area contributed by atoms with Crippen LogP contribution in [0.3, 0.4) is 0 Å². The van der Waals surface area contributed by atoms with Gasteiger partial charge in [-0.15, -0.1) is 0 Å². The molecule has 9 heavy (non-hydrogen) atoms. The molecule has 0 saturated heterocycles. The van der Waals surface area contributed by atoms with Gasteiger partial charge in [-0.2, -0.15) is 0 Å². The van der Waals surface area contributed by atoms with Crippen LogP contribution in [0.5, 0.6) is 0 Å². The topological polar surface area (TPSA) is 0 Å². The van der Waals surface area contributed by atoms with Crippen molar-refractivity contribution >= 4 is 0 Å². The highest BCUT2D eigenvalue weighted by Crippen LogP contribution is 2.50. The zero-order chi connectivity index (χ0) is 6.32. The summed E-state index contributed by atoms with van der Waals surface area (Å²) in [5.74, 6) is 0. The van der Waals surface area contributed by atoms with Gasteiger partial charge in [-0.3, -0.25) is 0 Å². The van der Waals surface area contributed by atoms with Crippen molar-refractivity contribution in [2.75, 3.05) is 0 Å². The van der Waals surface area contributed by atoms with Crippen molar-refractivity contribution in [1.82, 2.24) is 0 Å². The zero-order valence-corrected chi connectivity index (χ0v) is 5.85. The minimum Gasteiger partial charge on any atom is -0.0835 e. The first-order chi connectivity index (χ1) is 4.37. The van der Waals surface area contributed by atoms with E-state index in [0.29, 0.717) is 5.41 Å². The Morgan fingerprint density at radius 2 is 2.56 bits per heavy atom. The predicted octanol–water partition coefficient (Wildman–Crippen LogP) is 2.67. The lowest BCUT2D eigenvalue weighted by atomic mass is 9.69. The van der Waals surface area contributed by atoms with E-state index >= 15 is 0 Å². The first kappa shape index (κ1) is 5.28. The van der Waals surface area contributed by atoms with Crippen LogP contribution in [0.25, 0.3) is 0 Å². The largest absolute Gasteiger partial charge is 0.0835 e. The summed E-state index contributed by atoms with van der Waals surface area (Å²) in [6.45, 7) is 2.28. The molecule has 2 aliphatic carbocycles. The first-order valence-electron chi connectivity index (χ1n) is 3.74. The van der Waals surface area contributed by atoms with E-state index in [9.17, 15) is 0 Å². The summed E-state index contributed by atoms with van der Waals surface area (Å²) in [5, 5.41) is 0. The van der Waals surface area contributed by atoms with Crippen LogP contribution in [0.2, 0.25) is 0 Å². The van der Waals surface area contributed by atoms with Gasteiger partial charge in [-0.1, -0.05) is 30.7 Å². The lowest BCUT2D eigenvalue weighted by Crippen LogP contribution is -2.22. The molecule has 0 heterocycles. The van der Waals surface area contributed by atoms with Crippen molar-refractivity contribution in [3.05, 3.63) is 23.8 Å². The molecule has 1 atom stereocenters. The smallest absolute Gasteiger partial charge is 0.0126 e. The number of hydrogen-bond acceptors (Lipinski definition) is 0. The van der Waals surface area contributed by atoms with Crippen molar-refractivity contribution < 1.29 is 0 Å². The molecule has 0 aromatic heterocycles. The standard InChI is InChI=1S/C9H12/c1-2-9-6-3-4-8(9)5-7-9/h3,5-6H,2,4,7H2,1H3. The van der Waals surface area contributed by atoms with Crippen LogP contribution in [-0.2, 0) is 0 Å². The highest BCUT2D eigenvalue weighted by atomic mass is 14.4. The molecule has 0 bridgehead atoms. The summed E-state index contributed by atoms with van der Waals surface area (Å²) >= 11 is 0. The van der Waals surface area contributed by atoms with Crippen LogP contribution in [0, 0.1) is 5.41 Å². The molecular formula is C9H12. The maximum atomic E-state index is 2.39. The third-order valence-electron chi connectivity index (χ3n) is 2.76. The average Bonchev–Trinajstić information content (AvgIpc) is 2.10. The summed E-state index contributed by atoms with van der Waals surface area (Å²) in [4.78, 5) is 0. The maximum absolute atomic E-state index is 2.39. The molecule has 48 valence electrons. The molecule has 0 N–H and O–H groups in total. The van der Waals surface area contributed by atoms with Crippen molar-refractivity contribution in [2.24, 2.45) is 5.41 Å². The van der Waals surface area contributed by atoms with E-state index in [1.165, 1.54) is 19.3 Å². The second-order valence-corrected chi connectivity index (χ2v) is 3.05. The number of rotatable bonds is 1. The normalized spacial score (nSPS) is 37.7. The van der Waals surface area contributed by atoms with Crippen LogP contribution in [-0.4, -0.2) is 0 Å². The van der Waals surface area contributed by atoms with Gasteiger partial charge in [-0.25, -0.2) is 0 Å². The van der Waals surface area contributed by atoms with Gasteiger partial charge in [-0.05, 0) is 19.3 Å². The van der Waals surface area contributed by atoms with Crippen molar-refractivity contribution in [2.45, 2.75) is 26.2 Å². The Bertz CT molecular complexity index is 186. The number of allylic oxidation sites excluding steroid dienone is 4. The second kappa shape index (κ2) is 1.50. The Hall–Kier alpha value is -0.520. The molecule has 2 rings (SSSR count). The van der Waals surface area contributed by atoms with Gasteiger partial charge in [0.1, 0.15) is 0 Å². The molecule has 0 radical (unpaired) electrons. The average molecular weight is 120 g/mol. The Morgan fingerprint density at radius 1 is 1.67 bits per heavy atom. The predicted molar refractivity (Wildman–Crippen MR) is 39.2 cm³/mol. The van der Waals surface area contributed by atoms with Gasteiger partial charge in [0.25, 0.3) is 0 Å². The van der Waals surface area contributed by atoms with E-state index < -0.39 is 0 Å². The van der Waals surface area contributed by atoms with Gasteiger partial charge >= 0.3 is 0 Å². The zero-order valence-electron chi connectivity index (χ0n) is 5.85. The fourth-order valence-corrected chi connectivity index (χ4v) is 1.87. The number of hydrogen-bond donors (Lipinski definition) is 0. The van der Waals surface area contributed by atoms with Gasteiger partial charge in [0.05, 0.1) is 0 Å².